The number of methoxy groups -OCH3 is 1. The lowest BCUT2D eigenvalue weighted by atomic mass is 10.2. The van der Waals surface area contributed by atoms with Crippen LogP contribution in [-0.2, 0) is 16.1 Å². The van der Waals surface area contributed by atoms with Crippen LogP contribution in [0.5, 0.6) is 0 Å². The van der Waals surface area contributed by atoms with Crippen molar-refractivity contribution in [1.29, 1.82) is 0 Å². The fourth-order valence-electron chi connectivity index (χ4n) is 2.10. The Kier molecular flexibility index (Phi) is 6.45. The number of carbonyl (C=O) groups is 2. The van der Waals surface area contributed by atoms with Crippen molar-refractivity contribution in [2.75, 3.05) is 19.0 Å². The van der Waals surface area contributed by atoms with Crippen LogP contribution >= 0.6 is 0 Å². The number of amides is 1. The second-order valence-corrected chi connectivity index (χ2v) is 5.17. The first-order valence-corrected chi connectivity index (χ1v) is 7.52. The Morgan fingerprint density at radius 2 is 1.88 bits per heavy atom. The number of rotatable bonds is 7. The highest BCUT2D eigenvalue weighted by Crippen LogP contribution is 2.11. The van der Waals surface area contributed by atoms with Crippen LogP contribution in [0.1, 0.15) is 22.3 Å². The van der Waals surface area contributed by atoms with Gasteiger partial charge in [0, 0.05) is 25.2 Å². The summed E-state index contributed by atoms with van der Waals surface area (Å²) in [5.41, 5.74) is 1.87. The van der Waals surface area contributed by atoms with Crippen LogP contribution in [-0.4, -0.2) is 25.5 Å². The summed E-state index contributed by atoms with van der Waals surface area (Å²) < 4.78 is 17.4. The van der Waals surface area contributed by atoms with Crippen molar-refractivity contribution in [3.8, 4) is 0 Å². The molecule has 24 heavy (non-hydrogen) atoms. The minimum absolute atomic E-state index is 0.163. The lowest BCUT2D eigenvalue weighted by Crippen LogP contribution is -2.21. The minimum atomic E-state index is -0.452. The highest BCUT2D eigenvalue weighted by molar-refractivity contribution is 5.94. The summed E-state index contributed by atoms with van der Waals surface area (Å²) in [5, 5.41) is 5.85. The summed E-state index contributed by atoms with van der Waals surface area (Å²) in [7, 11) is 1.31. The van der Waals surface area contributed by atoms with E-state index < -0.39 is 5.97 Å². The molecule has 0 heterocycles. The van der Waals surface area contributed by atoms with Crippen molar-refractivity contribution in [1.82, 2.24) is 5.32 Å². The predicted octanol–water partition coefficient (Wildman–Crippen LogP) is 2.73. The molecule has 126 valence electrons. The SMILES string of the molecule is COC(=O)c1cccc(NC(=O)CCNCc2ccc(F)cc2)c1. The van der Waals surface area contributed by atoms with Crippen LogP contribution in [0.3, 0.4) is 0 Å². The lowest BCUT2D eigenvalue weighted by Gasteiger charge is -2.08. The third-order valence-electron chi connectivity index (χ3n) is 3.34. The Bertz CT molecular complexity index is 702. The molecule has 0 aromatic heterocycles. The van der Waals surface area contributed by atoms with Gasteiger partial charge < -0.3 is 15.4 Å². The second kappa shape index (κ2) is 8.79. The van der Waals surface area contributed by atoms with Gasteiger partial charge in [-0.05, 0) is 35.9 Å². The zero-order valence-electron chi connectivity index (χ0n) is 13.3. The van der Waals surface area contributed by atoms with Gasteiger partial charge in [0.1, 0.15) is 5.82 Å². The van der Waals surface area contributed by atoms with E-state index in [1.54, 1.807) is 36.4 Å². The van der Waals surface area contributed by atoms with Crippen molar-refractivity contribution in [2.45, 2.75) is 13.0 Å². The van der Waals surface area contributed by atoms with Crippen molar-refractivity contribution in [3.63, 3.8) is 0 Å². The van der Waals surface area contributed by atoms with E-state index in [0.717, 1.165) is 5.56 Å². The lowest BCUT2D eigenvalue weighted by molar-refractivity contribution is -0.116. The molecule has 0 spiro atoms. The highest BCUT2D eigenvalue weighted by Gasteiger charge is 2.07. The Morgan fingerprint density at radius 3 is 2.58 bits per heavy atom. The van der Waals surface area contributed by atoms with Crippen molar-refractivity contribution >= 4 is 17.6 Å². The van der Waals surface area contributed by atoms with Crippen molar-refractivity contribution in [3.05, 3.63) is 65.5 Å². The molecule has 0 fully saturated rings. The smallest absolute Gasteiger partial charge is 0.337 e. The summed E-state index contributed by atoms with van der Waals surface area (Å²) >= 11 is 0. The van der Waals surface area contributed by atoms with Gasteiger partial charge in [-0.15, -0.1) is 0 Å². The van der Waals surface area contributed by atoms with Gasteiger partial charge in [0.05, 0.1) is 12.7 Å². The molecule has 0 aliphatic rings. The zero-order valence-corrected chi connectivity index (χ0v) is 13.3. The van der Waals surface area contributed by atoms with Crippen molar-refractivity contribution in [2.24, 2.45) is 0 Å². The van der Waals surface area contributed by atoms with Crippen LogP contribution in [0, 0.1) is 5.82 Å². The van der Waals surface area contributed by atoms with Gasteiger partial charge in [0.15, 0.2) is 0 Å². The topological polar surface area (TPSA) is 67.4 Å². The van der Waals surface area contributed by atoms with E-state index in [1.807, 2.05) is 0 Å². The van der Waals surface area contributed by atoms with Gasteiger partial charge in [-0.2, -0.15) is 0 Å². The van der Waals surface area contributed by atoms with Crippen LogP contribution in [0.25, 0.3) is 0 Å². The molecule has 0 unspecified atom stereocenters. The van der Waals surface area contributed by atoms with Crippen molar-refractivity contribution < 1.29 is 18.7 Å². The molecule has 2 aromatic rings. The molecule has 2 rings (SSSR count). The fraction of sp³-hybridized carbons (Fsp3) is 0.222. The molecule has 0 bridgehead atoms. The summed E-state index contributed by atoms with van der Waals surface area (Å²) in [6.07, 6.45) is 0.281. The van der Waals surface area contributed by atoms with Crippen LogP contribution in [0.2, 0.25) is 0 Å². The monoisotopic (exact) mass is 330 g/mol. The number of halogens is 1. The quantitative estimate of drug-likeness (QED) is 0.605. The largest absolute Gasteiger partial charge is 0.465 e. The summed E-state index contributed by atoms with van der Waals surface area (Å²) in [6.45, 7) is 1.05. The molecular weight excluding hydrogens is 311 g/mol. The molecule has 1 amide bonds. The number of benzene rings is 2. The minimum Gasteiger partial charge on any atom is -0.465 e. The summed E-state index contributed by atoms with van der Waals surface area (Å²) in [6, 6.07) is 12.8. The van der Waals surface area contributed by atoms with E-state index in [0.29, 0.717) is 24.3 Å². The first kappa shape index (κ1) is 17.6. The predicted molar refractivity (Wildman–Crippen MR) is 89.1 cm³/mol. The first-order chi connectivity index (χ1) is 11.6. The summed E-state index contributed by atoms with van der Waals surface area (Å²) in [4.78, 5) is 23.4. The van der Waals surface area contributed by atoms with Gasteiger partial charge in [-0.3, -0.25) is 4.79 Å². The molecular formula is C18H19FN2O3. The maximum absolute atomic E-state index is 12.8. The number of nitrogens with one attached hydrogen (secondary N) is 2. The Morgan fingerprint density at radius 1 is 1.12 bits per heavy atom. The third kappa shape index (κ3) is 5.48. The Labute approximate surface area is 139 Å². The molecule has 0 saturated carbocycles. The molecule has 0 aliphatic carbocycles. The third-order valence-corrected chi connectivity index (χ3v) is 3.34. The van der Waals surface area contributed by atoms with Crippen LogP contribution in [0.15, 0.2) is 48.5 Å². The average molecular weight is 330 g/mol. The molecule has 0 radical (unpaired) electrons. The van der Waals surface area contributed by atoms with Gasteiger partial charge in [0.25, 0.3) is 0 Å². The number of hydrogen-bond donors (Lipinski definition) is 2. The zero-order chi connectivity index (χ0) is 17.4. The van der Waals surface area contributed by atoms with E-state index in [9.17, 15) is 14.0 Å². The van der Waals surface area contributed by atoms with Crippen LogP contribution in [0.4, 0.5) is 10.1 Å². The average Bonchev–Trinajstić information content (AvgIpc) is 2.60. The second-order valence-electron chi connectivity index (χ2n) is 5.17. The van der Waals surface area contributed by atoms with Gasteiger partial charge in [-0.1, -0.05) is 18.2 Å². The molecule has 2 N–H and O–H groups in total. The van der Waals surface area contributed by atoms with E-state index in [4.69, 9.17) is 0 Å². The number of carbonyl (C=O) groups excluding carboxylic acids is 2. The maximum Gasteiger partial charge on any atom is 0.337 e. The molecule has 6 heteroatoms. The fourth-order valence-corrected chi connectivity index (χ4v) is 2.10. The molecule has 0 saturated heterocycles. The Balaban J connectivity index is 1.75. The van der Waals surface area contributed by atoms with E-state index in [-0.39, 0.29) is 18.1 Å². The standard InChI is InChI=1S/C18H19FN2O3/c1-24-18(23)14-3-2-4-16(11-14)21-17(22)9-10-20-12-13-5-7-15(19)8-6-13/h2-8,11,20H,9-10,12H2,1H3,(H,21,22). The van der Waals surface area contributed by atoms with E-state index >= 15 is 0 Å². The number of esters is 1. The van der Waals surface area contributed by atoms with Crippen LogP contribution < -0.4 is 10.6 Å². The van der Waals surface area contributed by atoms with E-state index in [2.05, 4.69) is 15.4 Å². The molecule has 0 atom stereocenters. The number of anilines is 1. The first-order valence-electron chi connectivity index (χ1n) is 7.52. The maximum atomic E-state index is 12.8. The molecule has 2 aromatic carbocycles. The summed E-state index contributed by atoms with van der Waals surface area (Å²) in [5.74, 6) is -0.886. The molecule has 0 aliphatic heterocycles. The van der Waals surface area contributed by atoms with Gasteiger partial charge >= 0.3 is 5.97 Å². The normalized spacial score (nSPS) is 10.2. The molecule has 5 nitrogen and oxygen atoms in total. The van der Waals surface area contributed by atoms with Gasteiger partial charge in [0.2, 0.25) is 5.91 Å². The number of hydrogen-bond acceptors (Lipinski definition) is 4. The van der Waals surface area contributed by atoms with E-state index in [1.165, 1.54) is 19.2 Å². The Hall–Kier alpha value is -2.73. The highest BCUT2D eigenvalue weighted by atomic mass is 19.1. The van der Waals surface area contributed by atoms with Gasteiger partial charge in [-0.25, -0.2) is 9.18 Å². The number of ether oxygens (including phenoxy) is 1.